The van der Waals surface area contributed by atoms with Crippen LogP contribution in [0.4, 0.5) is 8.78 Å². The number of likely N-dealkylation sites (tertiary alicyclic amines) is 1. The summed E-state index contributed by atoms with van der Waals surface area (Å²) >= 11 is 1.44. The van der Waals surface area contributed by atoms with E-state index in [-0.39, 0.29) is 30.8 Å². The SMILES string of the molecule is Cc1ncsc1COc1ccc2oc(C)c(C(N)=O)c2c1C1CN(C)CC1(F)F. The lowest BCUT2D eigenvalue weighted by Gasteiger charge is -2.22. The van der Waals surface area contributed by atoms with Crippen molar-refractivity contribution in [3.05, 3.63) is 45.1 Å². The van der Waals surface area contributed by atoms with Crippen molar-refractivity contribution < 1.29 is 22.7 Å². The highest BCUT2D eigenvalue weighted by molar-refractivity contribution is 7.09. The molecule has 0 aliphatic carbocycles. The van der Waals surface area contributed by atoms with Crippen LogP contribution in [0.15, 0.2) is 22.1 Å². The molecule has 1 unspecified atom stereocenters. The zero-order valence-electron chi connectivity index (χ0n) is 16.3. The van der Waals surface area contributed by atoms with Crippen LogP contribution in [0.25, 0.3) is 11.0 Å². The Bertz CT molecular complexity index is 1090. The van der Waals surface area contributed by atoms with E-state index >= 15 is 0 Å². The number of carbonyl (C=O) groups excluding carboxylic acids is 1. The van der Waals surface area contributed by atoms with Gasteiger partial charge < -0.3 is 14.9 Å². The molecule has 1 aliphatic heterocycles. The molecule has 154 valence electrons. The second kappa shape index (κ2) is 7.07. The number of amides is 1. The number of hydrogen-bond donors (Lipinski definition) is 1. The standard InChI is InChI=1S/C20H21F2N3O3S/c1-10-15(29-9-24-10)7-27-13-4-5-14-18(16(19(23)26)11(2)28-14)17(13)12-6-25(3)8-20(12,21)22/h4-5,9,12H,6-8H2,1-3H3,(H2,23,26). The zero-order valence-corrected chi connectivity index (χ0v) is 17.1. The molecule has 1 atom stereocenters. The Morgan fingerprint density at radius 3 is 2.79 bits per heavy atom. The van der Waals surface area contributed by atoms with E-state index in [2.05, 4.69) is 4.98 Å². The summed E-state index contributed by atoms with van der Waals surface area (Å²) in [6.45, 7) is 3.43. The molecule has 6 nitrogen and oxygen atoms in total. The molecule has 3 aromatic rings. The first-order valence-corrected chi connectivity index (χ1v) is 10.0. The lowest BCUT2D eigenvalue weighted by molar-refractivity contribution is -0.00153. The number of nitrogens with two attached hydrogens (primary N) is 1. The number of ether oxygens (including phenoxy) is 1. The Labute approximate surface area is 170 Å². The fourth-order valence-corrected chi connectivity index (χ4v) is 4.66. The van der Waals surface area contributed by atoms with Crippen molar-refractivity contribution in [3.8, 4) is 5.75 Å². The largest absolute Gasteiger partial charge is 0.488 e. The van der Waals surface area contributed by atoms with Gasteiger partial charge in [-0.05, 0) is 33.0 Å². The normalized spacial score (nSPS) is 19.1. The highest BCUT2D eigenvalue weighted by Crippen LogP contribution is 2.47. The van der Waals surface area contributed by atoms with Gasteiger partial charge in [0, 0.05) is 17.5 Å². The molecule has 3 heterocycles. The number of thiazole rings is 1. The molecule has 0 spiro atoms. The minimum absolute atomic E-state index is 0.125. The second-order valence-electron chi connectivity index (χ2n) is 7.41. The molecule has 1 fully saturated rings. The van der Waals surface area contributed by atoms with E-state index in [0.29, 0.717) is 22.5 Å². The number of likely N-dealkylation sites (N-methyl/N-ethyl adjacent to an activating group) is 1. The van der Waals surface area contributed by atoms with Crippen LogP contribution in [0, 0.1) is 13.8 Å². The van der Waals surface area contributed by atoms with Crippen molar-refractivity contribution >= 4 is 28.2 Å². The number of alkyl halides is 2. The Kier molecular flexibility index (Phi) is 4.82. The third-order valence-electron chi connectivity index (χ3n) is 5.32. The third-order valence-corrected chi connectivity index (χ3v) is 6.22. The number of benzene rings is 1. The molecule has 0 radical (unpaired) electrons. The average Bonchev–Trinajstić information content (AvgIpc) is 3.26. The van der Waals surface area contributed by atoms with Gasteiger partial charge in [0.1, 0.15) is 23.7 Å². The van der Waals surface area contributed by atoms with Crippen LogP contribution in [0.1, 0.15) is 38.2 Å². The van der Waals surface area contributed by atoms with Crippen molar-refractivity contribution in [1.29, 1.82) is 0 Å². The zero-order chi connectivity index (χ0) is 20.9. The number of rotatable bonds is 5. The monoisotopic (exact) mass is 421 g/mol. The van der Waals surface area contributed by atoms with Crippen molar-refractivity contribution in [3.63, 3.8) is 0 Å². The minimum Gasteiger partial charge on any atom is -0.488 e. The lowest BCUT2D eigenvalue weighted by Crippen LogP contribution is -2.26. The van der Waals surface area contributed by atoms with Crippen LogP contribution < -0.4 is 10.5 Å². The van der Waals surface area contributed by atoms with Gasteiger partial charge in [-0.1, -0.05) is 0 Å². The number of aryl methyl sites for hydroxylation is 2. The highest BCUT2D eigenvalue weighted by atomic mass is 32.1. The Morgan fingerprint density at radius 2 is 2.21 bits per heavy atom. The van der Waals surface area contributed by atoms with E-state index in [1.807, 2.05) is 6.92 Å². The smallest absolute Gasteiger partial charge is 0.268 e. The molecule has 0 saturated carbocycles. The van der Waals surface area contributed by atoms with E-state index in [4.69, 9.17) is 14.9 Å². The van der Waals surface area contributed by atoms with Gasteiger partial charge in [-0.3, -0.25) is 9.69 Å². The first-order chi connectivity index (χ1) is 13.7. The number of furan rings is 1. The fraction of sp³-hybridized carbons (Fsp3) is 0.400. The molecular formula is C20H21F2N3O3S. The van der Waals surface area contributed by atoms with Crippen molar-refractivity contribution in [2.45, 2.75) is 32.3 Å². The number of hydrogen-bond acceptors (Lipinski definition) is 6. The number of primary amides is 1. The molecule has 9 heteroatoms. The minimum atomic E-state index is -2.98. The third kappa shape index (κ3) is 3.38. The van der Waals surface area contributed by atoms with Gasteiger partial charge in [0.15, 0.2) is 0 Å². The Morgan fingerprint density at radius 1 is 1.45 bits per heavy atom. The van der Waals surface area contributed by atoms with Gasteiger partial charge in [0.25, 0.3) is 11.8 Å². The van der Waals surface area contributed by atoms with Gasteiger partial charge in [0.2, 0.25) is 0 Å². The number of halogens is 2. The lowest BCUT2D eigenvalue weighted by atomic mass is 9.89. The van der Waals surface area contributed by atoms with E-state index in [1.54, 1.807) is 36.5 Å². The van der Waals surface area contributed by atoms with E-state index in [0.717, 1.165) is 10.6 Å². The first kappa shape index (κ1) is 19.8. The van der Waals surface area contributed by atoms with Crippen LogP contribution in [0.5, 0.6) is 5.75 Å². The van der Waals surface area contributed by atoms with Crippen molar-refractivity contribution in [1.82, 2.24) is 9.88 Å². The van der Waals surface area contributed by atoms with Crippen LogP contribution in [0.3, 0.4) is 0 Å². The topological polar surface area (TPSA) is 81.6 Å². The second-order valence-corrected chi connectivity index (χ2v) is 8.35. The van der Waals surface area contributed by atoms with E-state index in [1.165, 1.54) is 11.3 Å². The Balaban J connectivity index is 1.89. The predicted octanol–water partition coefficient (Wildman–Crippen LogP) is 3.85. The molecule has 1 amide bonds. The summed E-state index contributed by atoms with van der Waals surface area (Å²) in [4.78, 5) is 18.8. The summed E-state index contributed by atoms with van der Waals surface area (Å²) in [5, 5.41) is 0.313. The average molecular weight is 421 g/mol. The number of nitrogens with zero attached hydrogens (tertiary/aromatic N) is 2. The van der Waals surface area contributed by atoms with Gasteiger partial charge in [-0.25, -0.2) is 13.8 Å². The van der Waals surface area contributed by atoms with Crippen molar-refractivity contribution in [2.24, 2.45) is 5.73 Å². The summed E-state index contributed by atoms with van der Waals surface area (Å²) in [5.74, 6) is -4.24. The summed E-state index contributed by atoms with van der Waals surface area (Å²) in [7, 11) is 1.64. The fourth-order valence-electron chi connectivity index (χ4n) is 3.97. The van der Waals surface area contributed by atoms with Crippen LogP contribution in [0.2, 0.25) is 0 Å². The number of aromatic nitrogens is 1. The summed E-state index contributed by atoms with van der Waals surface area (Å²) in [5.41, 5.74) is 8.85. The van der Waals surface area contributed by atoms with Gasteiger partial charge in [0.05, 0.1) is 34.1 Å². The predicted molar refractivity (Wildman–Crippen MR) is 106 cm³/mol. The molecule has 0 bridgehead atoms. The maximum absolute atomic E-state index is 14.9. The van der Waals surface area contributed by atoms with Crippen LogP contribution in [-0.4, -0.2) is 41.9 Å². The molecule has 4 rings (SSSR count). The van der Waals surface area contributed by atoms with Crippen LogP contribution in [-0.2, 0) is 6.61 Å². The molecule has 1 aromatic carbocycles. The molecule has 1 aliphatic rings. The maximum atomic E-state index is 14.9. The van der Waals surface area contributed by atoms with Gasteiger partial charge in [-0.2, -0.15) is 0 Å². The quantitative estimate of drug-likeness (QED) is 0.677. The first-order valence-electron chi connectivity index (χ1n) is 9.13. The van der Waals surface area contributed by atoms with Gasteiger partial charge in [-0.15, -0.1) is 11.3 Å². The number of fused-ring (bicyclic) bond motifs is 1. The Hall–Kier alpha value is -2.52. The molecule has 29 heavy (non-hydrogen) atoms. The molecular weight excluding hydrogens is 400 g/mol. The number of carbonyl (C=O) groups is 1. The molecule has 2 N–H and O–H groups in total. The summed E-state index contributed by atoms with van der Waals surface area (Å²) in [6, 6.07) is 3.25. The highest BCUT2D eigenvalue weighted by Gasteiger charge is 2.49. The molecule has 1 saturated heterocycles. The van der Waals surface area contributed by atoms with Crippen molar-refractivity contribution in [2.75, 3.05) is 20.1 Å². The van der Waals surface area contributed by atoms with Gasteiger partial charge >= 0.3 is 0 Å². The summed E-state index contributed by atoms with van der Waals surface area (Å²) in [6.07, 6.45) is 0. The van der Waals surface area contributed by atoms with E-state index < -0.39 is 17.7 Å². The molecule has 2 aromatic heterocycles. The maximum Gasteiger partial charge on any atom is 0.268 e. The summed E-state index contributed by atoms with van der Waals surface area (Å²) < 4.78 is 41.5. The van der Waals surface area contributed by atoms with E-state index in [9.17, 15) is 13.6 Å². The van der Waals surface area contributed by atoms with Crippen LogP contribution >= 0.6 is 11.3 Å².